The molecule has 2 aromatic rings. The first-order valence-electron chi connectivity index (χ1n) is 5.59. The van der Waals surface area contributed by atoms with E-state index in [2.05, 4.69) is 10.3 Å². The fraction of sp³-hybridized carbons (Fsp3) is 0.154. The fourth-order valence-corrected chi connectivity index (χ4v) is 1.63. The number of pyridine rings is 1. The van der Waals surface area contributed by atoms with E-state index in [1.54, 1.807) is 13.2 Å². The second-order valence-electron chi connectivity index (χ2n) is 3.85. The zero-order valence-electron chi connectivity index (χ0n) is 10.3. The van der Waals surface area contributed by atoms with Crippen molar-refractivity contribution in [3.8, 4) is 5.75 Å². The number of nitrogens with zero attached hydrogens (tertiary/aromatic N) is 1. The lowest BCUT2D eigenvalue weighted by molar-refractivity contribution is 0.410. The Hall–Kier alpha value is -2.37. The number of nitrogen functional groups attached to an aromatic ring is 1. The van der Waals surface area contributed by atoms with Gasteiger partial charge in [-0.2, -0.15) is 0 Å². The molecule has 0 amide bonds. The van der Waals surface area contributed by atoms with Crippen LogP contribution in [0.2, 0.25) is 0 Å². The number of para-hydroxylation sites is 1. The number of methoxy groups -OCH3 is 1. The molecule has 0 unspecified atom stereocenters. The molecule has 0 radical (unpaired) electrons. The highest BCUT2D eigenvalue weighted by Crippen LogP contribution is 2.21. The maximum Gasteiger partial charge on any atom is 0.168 e. The standard InChI is InChI=1S/C13H13F2N3O/c1-19-11-5-3-2-4-8(11)7-17-13-10(15)6-9(14)12(16)18-13/h2-6H,7H2,1H3,(H3,16,17,18). The van der Waals surface area contributed by atoms with Crippen molar-refractivity contribution in [1.29, 1.82) is 0 Å². The minimum Gasteiger partial charge on any atom is -0.496 e. The summed E-state index contributed by atoms with van der Waals surface area (Å²) in [6.07, 6.45) is 0. The summed E-state index contributed by atoms with van der Waals surface area (Å²) in [5.41, 5.74) is 6.12. The quantitative estimate of drug-likeness (QED) is 0.892. The summed E-state index contributed by atoms with van der Waals surface area (Å²) in [6.45, 7) is 0.291. The predicted octanol–water partition coefficient (Wildman–Crippen LogP) is 2.56. The number of hydrogen-bond donors (Lipinski definition) is 2. The van der Waals surface area contributed by atoms with Gasteiger partial charge in [-0.1, -0.05) is 18.2 Å². The second-order valence-corrected chi connectivity index (χ2v) is 3.85. The first-order chi connectivity index (χ1) is 9.11. The van der Waals surface area contributed by atoms with E-state index in [0.717, 1.165) is 5.56 Å². The molecule has 19 heavy (non-hydrogen) atoms. The van der Waals surface area contributed by atoms with Crippen molar-refractivity contribution in [3.63, 3.8) is 0 Å². The Balaban J connectivity index is 2.17. The normalized spacial score (nSPS) is 10.3. The number of halogens is 2. The number of nitrogens with two attached hydrogens (primary N) is 1. The van der Waals surface area contributed by atoms with E-state index in [1.807, 2.05) is 18.2 Å². The third-order valence-corrected chi connectivity index (χ3v) is 2.60. The van der Waals surface area contributed by atoms with Crippen LogP contribution in [0.15, 0.2) is 30.3 Å². The minimum atomic E-state index is -0.875. The summed E-state index contributed by atoms with van der Waals surface area (Å²) >= 11 is 0. The van der Waals surface area contributed by atoms with Crippen LogP contribution in [0.1, 0.15) is 5.56 Å². The molecule has 1 aromatic heterocycles. The summed E-state index contributed by atoms with van der Waals surface area (Å²) in [7, 11) is 1.55. The lowest BCUT2D eigenvalue weighted by Crippen LogP contribution is -2.07. The molecule has 4 nitrogen and oxygen atoms in total. The van der Waals surface area contributed by atoms with Crippen molar-refractivity contribution in [1.82, 2.24) is 4.98 Å². The topological polar surface area (TPSA) is 60.2 Å². The van der Waals surface area contributed by atoms with Crippen LogP contribution >= 0.6 is 0 Å². The molecule has 0 spiro atoms. The zero-order valence-corrected chi connectivity index (χ0v) is 10.3. The van der Waals surface area contributed by atoms with Gasteiger partial charge in [-0.25, -0.2) is 13.8 Å². The van der Waals surface area contributed by atoms with E-state index in [-0.39, 0.29) is 11.6 Å². The van der Waals surface area contributed by atoms with Crippen LogP contribution in [0, 0.1) is 11.6 Å². The van der Waals surface area contributed by atoms with Crippen molar-refractivity contribution in [3.05, 3.63) is 47.5 Å². The molecule has 100 valence electrons. The van der Waals surface area contributed by atoms with E-state index >= 15 is 0 Å². The first kappa shape index (κ1) is 13.1. The molecule has 0 saturated carbocycles. The van der Waals surface area contributed by atoms with Gasteiger partial charge in [0.05, 0.1) is 7.11 Å². The highest BCUT2D eigenvalue weighted by molar-refractivity contribution is 5.46. The average Bonchev–Trinajstić information content (AvgIpc) is 2.41. The molecule has 0 bridgehead atoms. The van der Waals surface area contributed by atoms with Gasteiger partial charge >= 0.3 is 0 Å². The van der Waals surface area contributed by atoms with E-state index in [0.29, 0.717) is 18.4 Å². The number of benzene rings is 1. The Morgan fingerprint density at radius 1 is 1.26 bits per heavy atom. The van der Waals surface area contributed by atoms with Gasteiger partial charge < -0.3 is 15.8 Å². The van der Waals surface area contributed by atoms with Crippen molar-refractivity contribution in [2.45, 2.75) is 6.54 Å². The Morgan fingerprint density at radius 2 is 2.00 bits per heavy atom. The fourth-order valence-electron chi connectivity index (χ4n) is 1.63. The van der Waals surface area contributed by atoms with Gasteiger partial charge in [0.15, 0.2) is 23.3 Å². The first-order valence-corrected chi connectivity index (χ1v) is 5.59. The van der Waals surface area contributed by atoms with E-state index in [9.17, 15) is 8.78 Å². The summed E-state index contributed by atoms with van der Waals surface area (Å²) in [4.78, 5) is 3.62. The van der Waals surface area contributed by atoms with Gasteiger partial charge in [-0.3, -0.25) is 0 Å². The molecule has 2 rings (SSSR count). The van der Waals surface area contributed by atoms with Crippen LogP contribution in [-0.4, -0.2) is 12.1 Å². The molecular formula is C13H13F2N3O. The number of rotatable bonds is 4. The number of anilines is 2. The smallest absolute Gasteiger partial charge is 0.168 e. The molecule has 0 aliphatic heterocycles. The molecule has 0 aliphatic carbocycles. The summed E-state index contributed by atoms with van der Waals surface area (Å²) < 4.78 is 31.6. The Morgan fingerprint density at radius 3 is 2.74 bits per heavy atom. The molecule has 1 aromatic carbocycles. The maximum absolute atomic E-state index is 13.5. The van der Waals surface area contributed by atoms with Gasteiger partial charge in [-0.15, -0.1) is 0 Å². The largest absolute Gasteiger partial charge is 0.496 e. The lowest BCUT2D eigenvalue weighted by Gasteiger charge is -2.11. The number of aromatic nitrogens is 1. The van der Waals surface area contributed by atoms with E-state index in [1.165, 1.54) is 0 Å². The van der Waals surface area contributed by atoms with Gasteiger partial charge in [0.25, 0.3) is 0 Å². The van der Waals surface area contributed by atoms with Crippen LogP contribution in [0.25, 0.3) is 0 Å². The summed E-state index contributed by atoms with van der Waals surface area (Å²) in [6, 6.07) is 7.99. The molecule has 0 saturated heterocycles. The van der Waals surface area contributed by atoms with Crippen LogP contribution in [0.5, 0.6) is 5.75 Å². The number of hydrogen-bond acceptors (Lipinski definition) is 4. The predicted molar refractivity (Wildman–Crippen MR) is 68.9 cm³/mol. The molecule has 0 aliphatic rings. The molecule has 0 atom stereocenters. The Bertz CT molecular complexity index is 590. The summed E-state index contributed by atoms with van der Waals surface area (Å²) in [5.74, 6) is -1.43. The highest BCUT2D eigenvalue weighted by Gasteiger charge is 2.10. The van der Waals surface area contributed by atoms with Crippen molar-refractivity contribution in [2.75, 3.05) is 18.2 Å². The van der Waals surface area contributed by atoms with Crippen molar-refractivity contribution in [2.24, 2.45) is 0 Å². The van der Waals surface area contributed by atoms with E-state index < -0.39 is 11.6 Å². The summed E-state index contributed by atoms with van der Waals surface area (Å²) in [5, 5.41) is 2.76. The average molecular weight is 265 g/mol. The van der Waals surface area contributed by atoms with E-state index in [4.69, 9.17) is 10.5 Å². The zero-order chi connectivity index (χ0) is 13.8. The van der Waals surface area contributed by atoms with Crippen molar-refractivity contribution < 1.29 is 13.5 Å². The van der Waals surface area contributed by atoms with Gasteiger partial charge in [0.1, 0.15) is 5.75 Å². The van der Waals surface area contributed by atoms with Crippen LogP contribution in [-0.2, 0) is 6.54 Å². The Kier molecular flexibility index (Phi) is 3.79. The van der Waals surface area contributed by atoms with Crippen molar-refractivity contribution >= 4 is 11.6 Å². The van der Waals surface area contributed by atoms with Gasteiger partial charge in [0.2, 0.25) is 0 Å². The molecule has 1 heterocycles. The third kappa shape index (κ3) is 2.90. The highest BCUT2D eigenvalue weighted by atomic mass is 19.1. The third-order valence-electron chi connectivity index (χ3n) is 2.60. The number of nitrogens with one attached hydrogen (secondary N) is 1. The van der Waals surface area contributed by atoms with Crippen LogP contribution in [0.3, 0.4) is 0 Å². The SMILES string of the molecule is COc1ccccc1CNc1nc(N)c(F)cc1F. The maximum atomic E-state index is 13.5. The molecule has 6 heteroatoms. The minimum absolute atomic E-state index is 0.0928. The van der Waals surface area contributed by atoms with Gasteiger partial charge in [-0.05, 0) is 6.07 Å². The molecule has 0 fully saturated rings. The molecule has 3 N–H and O–H groups in total. The van der Waals surface area contributed by atoms with Crippen LogP contribution < -0.4 is 15.8 Å². The monoisotopic (exact) mass is 265 g/mol. The molecular weight excluding hydrogens is 252 g/mol. The lowest BCUT2D eigenvalue weighted by atomic mass is 10.2. The Labute approximate surface area is 109 Å². The van der Waals surface area contributed by atoms with Crippen LogP contribution in [0.4, 0.5) is 20.4 Å². The second kappa shape index (κ2) is 5.51. The van der Waals surface area contributed by atoms with Gasteiger partial charge in [0, 0.05) is 18.2 Å². The number of ether oxygens (including phenoxy) is 1.